The lowest BCUT2D eigenvalue weighted by molar-refractivity contribution is 0.0563. The number of thioether (sulfide) groups is 1. The molecule has 23 heavy (non-hydrogen) atoms. The van der Waals surface area contributed by atoms with Crippen molar-refractivity contribution in [2.24, 2.45) is 0 Å². The second-order valence-corrected chi connectivity index (χ2v) is 5.65. The van der Waals surface area contributed by atoms with E-state index < -0.39 is 5.97 Å². The first-order valence-corrected chi connectivity index (χ1v) is 7.92. The molecule has 0 unspecified atom stereocenters. The van der Waals surface area contributed by atoms with Crippen molar-refractivity contribution in [3.8, 4) is 11.3 Å². The molecule has 0 saturated heterocycles. The minimum absolute atomic E-state index is 0.204. The van der Waals surface area contributed by atoms with Crippen molar-refractivity contribution in [1.29, 1.82) is 0 Å². The van der Waals surface area contributed by atoms with E-state index in [0.29, 0.717) is 11.5 Å². The molecule has 5 nitrogen and oxygen atoms in total. The highest BCUT2D eigenvalue weighted by Crippen LogP contribution is 2.25. The van der Waals surface area contributed by atoms with Crippen LogP contribution >= 0.6 is 11.8 Å². The van der Waals surface area contributed by atoms with Gasteiger partial charge in [-0.05, 0) is 18.2 Å². The molecule has 2 aromatic heterocycles. The summed E-state index contributed by atoms with van der Waals surface area (Å²) in [6.45, 7) is 0. The number of hydrogen-bond acceptors (Lipinski definition) is 6. The predicted octanol–water partition coefficient (Wildman–Crippen LogP) is 3.82. The summed E-state index contributed by atoms with van der Waals surface area (Å²) in [5.74, 6) is 0.989. The standard InChI is InChI=1S/C17H14N2O3S/c1-21-17(20)15-8-7-13(22-15)10-23-16-9-14(18-11-19-16)12-5-3-2-4-6-12/h2-9,11H,10H2,1H3. The zero-order valence-corrected chi connectivity index (χ0v) is 13.2. The van der Waals surface area contributed by atoms with Crippen LogP contribution in [-0.4, -0.2) is 23.0 Å². The predicted molar refractivity (Wildman–Crippen MR) is 87.1 cm³/mol. The number of nitrogens with zero attached hydrogens (tertiary/aromatic N) is 2. The topological polar surface area (TPSA) is 65.2 Å². The van der Waals surface area contributed by atoms with Gasteiger partial charge in [0, 0.05) is 5.56 Å². The van der Waals surface area contributed by atoms with E-state index in [1.807, 2.05) is 36.4 Å². The van der Waals surface area contributed by atoms with E-state index in [9.17, 15) is 4.79 Å². The van der Waals surface area contributed by atoms with Crippen LogP contribution in [0.15, 0.2) is 64.3 Å². The van der Waals surface area contributed by atoms with Gasteiger partial charge >= 0.3 is 5.97 Å². The smallest absolute Gasteiger partial charge is 0.373 e. The SMILES string of the molecule is COC(=O)c1ccc(CSc2cc(-c3ccccc3)ncn2)o1. The average Bonchev–Trinajstić information content (AvgIpc) is 3.09. The number of esters is 1. The average molecular weight is 326 g/mol. The molecule has 0 saturated carbocycles. The Bertz CT molecular complexity index is 802. The normalized spacial score (nSPS) is 10.5. The molecular formula is C17H14N2O3S. The Balaban J connectivity index is 1.69. The number of aromatic nitrogens is 2. The van der Waals surface area contributed by atoms with E-state index >= 15 is 0 Å². The molecule has 2 heterocycles. The lowest BCUT2D eigenvalue weighted by Crippen LogP contribution is -1.98. The van der Waals surface area contributed by atoms with Crippen molar-refractivity contribution >= 4 is 17.7 Å². The van der Waals surface area contributed by atoms with Crippen molar-refractivity contribution < 1.29 is 13.9 Å². The number of rotatable bonds is 5. The number of benzene rings is 1. The lowest BCUT2D eigenvalue weighted by Gasteiger charge is -2.03. The number of carbonyl (C=O) groups excluding carboxylic acids is 1. The number of carbonyl (C=O) groups is 1. The lowest BCUT2D eigenvalue weighted by atomic mass is 10.1. The van der Waals surface area contributed by atoms with Gasteiger partial charge in [0.25, 0.3) is 0 Å². The van der Waals surface area contributed by atoms with Gasteiger partial charge in [0.15, 0.2) is 0 Å². The summed E-state index contributed by atoms with van der Waals surface area (Å²) in [7, 11) is 1.32. The number of furan rings is 1. The molecule has 3 rings (SSSR count). The van der Waals surface area contributed by atoms with Gasteiger partial charge in [-0.25, -0.2) is 14.8 Å². The van der Waals surface area contributed by atoms with Crippen molar-refractivity contribution in [3.05, 3.63) is 66.4 Å². The second-order valence-electron chi connectivity index (χ2n) is 4.65. The fraction of sp³-hybridized carbons (Fsp3) is 0.118. The van der Waals surface area contributed by atoms with E-state index in [0.717, 1.165) is 16.3 Å². The quantitative estimate of drug-likeness (QED) is 0.403. The second kappa shape index (κ2) is 7.11. The van der Waals surface area contributed by atoms with E-state index in [1.54, 1.807) is 18.5 Å². The Labute approximate surface area is 137 Å². The summed E-state index contributed by atoms with van der Waals surface area (Å²) >= 11 is 1.52. The Morgan fingerprint density at radius 3 is 2.78 bits per heavy atom. The monoisotopic (exact) mass is 326 g/mol. The minimum atomic E-state index is -0.477. The van der Waals surface area contributed by atoms with Gasteiger partial charge in [-0.2, -0.15) is 0 Å². The van der Waals surface area contributed by atoms with Gasteiger partial charge in [0.05, 0.1) is 18.6 Å². The molecule has 3 aromatic rings. The maximum absolute atomic E-state index is 11.4. The van der Waals surface area contributed by atoms with Crippen LogP contribution < -0.4 is 0 Å². The van der Waals surface area contributed by atoms with Crippen molar-refractivity contribution in [2.75, 3.05) is 7.11 Å². The molecule has 0 aliphatic carbocycles. The maximum Gasteiger partial charge on any atom is 0.373 e. The molecule has 1 aromatic carbocycles. The molecule has 0 atom stereocenters. The van der Waals surface area contributed by atoms with Gasteiger partial charge in [-0.3, -0.25) is 0 Å². The summed E-state index contributed by atoms with van der Waals surface area (Å²) < 4.78 is 10.1. The summed E-state index contributed by atoms with van der Waals surface area (Å²) in [5, 5.41) is 0.842. The minimum Gasteiger partial charge on any atom is -0.463 e. The Morgan fingerprint density at radius 1 is 1.17 bits per heavy atom. The third-order valence-corrected chi connectivity index (χ3v) is 4.07. The molecule has 0 aliphatic heterocycles. The van der Waals surface area contributed by atoms with Gasteiger partial charge in [-0.1, -0.05) is 42.1 Å². The van der Waals surface area contributed by atoms with E-state index in [4.69, 9.17) is 4.42 Å². The zero-order chi connectivity index (χ0) is 16.1. The highest BCUT2D eigenvalue weighted by molar-refractivity contribution is 7.98. The number of methoxy groups -OCH3 is 1. The van der Waals surface area contributed by atoms with Gasteiger partial charge < -0.3 is 9.15 Å². The van der Waals surface area contributed by atoms with E-state index in [1.165, 1.54) is 18.9 Å². The fourth-order valence-electron chi connectivity index (χ4n) is 2.00. The first-order valence-electron chi connectivity index (χ1n) is 6.93. The van der Waals surface area contributed by atoms with E-state index in [-0.39, 0.29) is 5.76 Å². The van der Waals surface area contributed by atoms with Crippen molar-refractivity contribution in [2.45, 2.75) is 10.8 Å². The third-order valence-electron chi connectivity index (χ3n) is 3.12. The molecule has 0 amide bonds. The number of ether oxygens (including phenoxy) is 1. The largest absolute Gasteiger partial charge is 0.463 e. The first-order chi connectivity index (χ1) is 11.3. The third kappa shape index (κ3) is 3.78. The molecule has 0 bridgehead atoms. The van der Waals surface area contributed by atoms with Crippen molar-refractivity contribution in [3.63, 3.8) is 0 Å². The highest BCUT2D eigenvalue weighted by atomic mass is 32.2. The molecule has 0 fully saturated rings. The van der Waals surface area contributed by atoms with Gasteiger partial charge in [0.1, 0.15) is 17.1 Å². The summed E-state index contributed by atoms with van der Waals surface area (Å²) in [5.41, 5.74) is 1.92. The van der Waals surface area contributed by atoms with Crippen LogP contribution in [0.4, 0.5) is 0 Å². The summed E-state index contributed by atoms with van der Waals surface area (Å²) in [6.07, 6.45) is 1.55. The molecule has 0 aliphatic rings. The molecule has 116 valence electrons. The van der Waals surface area contributed by atoms with Crippen LogP contribution in [0.3, 0.4) is 0 Å². The van der Waals surface area contributed by atoms with Crippen LogP contribution in [0.2, 0.25) is 0 Å². The highest BCUT2D eigenvalue weighted by Gasteiger charge is 2.11. The molecule has 0 spiro atoms. The molecular weight excluding hydrogens is 312 g/mol. The van der Waals surface area contributed by atoms with Crippen LogP contribution in [-0.2, 0) is 10.5 Å². The Kier molecular flexibility index (Phi) is 4.73. The van der Waals surface area contributed by atoms with E-state index in [2.05, 4.69) is 14.7 Å². The van der Waals surface area contributed by atoms with Gasteiger partial charge in [-0.15, -0.1) is 0 Å². The Morgan fingerprint density at radius 2 is 2.00 bits per heavy atom. The van der Waals surface area contributed by atoms with Crippen LogP contribution in [0.5, 0.6) is 0 Å². The maximum atomic E-state index is 11.4. The zero-order valence-electron chi connectivity index (χ0n) is 12.4. The number of hydrogen-bond donors (Lipinski definition) is 0. The van der Waals surface area contributed by atoms with Crippen LogP contribution in [0.1, 0.15) is 16.3 Å². The first kappa shape index (κ1) is 15.3. The molecule has 6 heteroatoms. The van der Waals surface area contributed by atoms with Crippen LogP contribution in [0.25, 0.3) is 11.3 Å². The molecule has 0 radical (unpaired) electrons. The van der Waals surface area contributed by atoms with Gasteiger partial charge in [0.2, 0.25) is 5.76 Å². The van der Waals surface area contributed by atoms with Crippen molar-refractivity contribution in [1.82, 2.24) is 9.97 Å². The Hall–Kier alpha value is -2.60. The summed E-state index contributed by atoms with van der Waals surface area (Å²) in [6, 6.07) is 15.2. The fourth-order valence-corrected chi connectivity index (χ4v) is 2.76. The van der Waals surface area contributed by atoms with Crippen LogP contribution in [0, 0.1) is 0 Å². The summed E-state index contributed by atoms with van der Waals surface area (Å²) in [4.78, 5) is 19.9. The molecule has 0 N–H and O–H groups in total.